The van der Waals surface area contributed by atoms with E-state index >= 15 is 0 Å². The van der Waals surface area contributed by atoms with Gasteiger partial charge < -0.3 is 9.47 Å². The van der Waals surface area contributed by atoms with Crippen LogP contribution in [-0.2, 0) is 31.9 Å². The van der Waals surface area contributed by atoms with Crippen LogP contribution in [0.15, 0.2) is 364 Å². The highest BCUT2D eigenvalue weighted by atomic mass is 16.5. The third-order valence-electron chi connectivity index (χ3n) is 19.9. The molecule has 4 atom stereocenters. The number of fused-ring (bicyclic) bond motifs is 13. The first-order valence-corrected chi connectivity index (χ1v) is 32.0. The molecule has 0 N–H and O–H groups in total. The Bertz CT molecular complexity index is 4800. The summed E-state index contributed by atoms with van der Waals surface area (Å²) in [5.41, 5.74) is 23.0. The molecule has 0 saturated heterocycles. The van der Waals surface area contributed by atoms with Gasteiger partial charge in [-0.25, -0.2) is 0 Å². The van der Waals surface area contributed by atoms with Crippen LogP contribution in [0, 0.1) is 0 Å². The van der Waals surface area contributed by atoms with Crippen molar-refractivity contribution >= 4 is 11.1 Å². The van der Waals surface area contributed by atoms with Crippen LogP contribution >= 0.6 is 0 Å². The van der Waals surface area contributed by atoms with E-state index in [1.54, 1.807) is 0 Å². The lowest BCUT2D eigenvalue weighted by Gasteiger charge is -2.43. The number of ether oxygens (including phenoxy) is 2. The first-order valence-electron chi connectivity index (χ1n) is 32.0. The van der Waals surface area contributed by atoms with Gasteiger partial charge in [-0.3, -0.25) is 0 Å². The highest BCUT2D eigenvalue weighted by Gasteiger charge is 2.74. The average molecular weight is 1170 g/mol. The van der Waals surface area contributed by atoms with E-state index in [-0.39, 0.29) is 0 Å². The third-order valence-corrected chi connectivity index (χ3v) is 19.9. The summed E-state index contributed by atoms with van der Waals surface area (Å²) < 4.78 is 18.3. The molecule has 4 heterocycles. The summed E-state index contributed by atoms with van der Waals surface area (Å²) in [6.07, 6.45) is 0. The maximum Gasteiger partial charge on any atom is 0.147 e. The maximum atomic E-state index is 9.31. The van der Waals surface area contributed by atoms with Crippen LogP contribution in [0.5, 0.6) is 0 Å². The Balaban J connectivity index is 1.19. The molecule has 432 valence electrons. The van der Waals surface area contributed by atoms with Gasteiger partial charge in [0.1, 0.15) is 22.4 Å². The Hall–Kier alpha value is -11.3. The Kier molecular flexibility index (Phi) is 12.4. The predicted octanol–water partition coefficient (Wildman–Crippen LogP) is 21.8. The molecule has 4 unspecified atom stereocenters. The Morgan fingerprint density at radius 2 is 0.304 bits per heavy atom. The predicted molar refractivity (Wildman–Crippen MR) is 374 cm³/mol. The minimum Gasteiger partial charge on any atom is -0.340 e. The largest absolute Gasteiger partial charge is 0.340 e. The van der Waals surface area contributed by atoms with Crippen LogP contribution in [0.2, 0.25) is 0 Å². The van der Waals surface area contributed by atoms with E-state index in [1.165, 1.54) is 0 Å². The van der Waals surface area contributed by atoms with Gasteiger partial charge in [0, 0.05) is 44.5 Å². The monoisotopic (exact) mass is 1170 g/mol. The van der Waals surface area contributed by atoms with Crippen molar-refractivity contribution in [2.24, 2.45) is 0 Å². The lowest BCUT2D eigenvalue weighted by molar-refractivity contribution is -0.0262. The van der Waals surface area contributed by atoms with Crippen molar-refractivity contribution in [2.45, 2.75) is 22.4 Å². The van der Waals surface area contributed by atoms with Gasteiger partial charge in [-0.05, 0) is 100 Å². The van der Waals surface area contributed by atoms with E-state index in [0.717, 1.165) is 145 Å². The van der Waals surface area contributed by atoms with Crippen molar-refractivity contribution in [2.75, 3.05) is 0 Å². The average Bonchev–Trinajstić information content (AvgIpc) is 1.43. The molecule has 4 bridgehead atoms. The van der Waals surface area contributed by atoms with Gasteiger partial charge in [-0.15, -0.1) is 0 Å². The molecule has 14 aromatic rings. The quantitative estimate of drug-likeness (QED) is 0.121. The molecule has 18 rings (SSSR count). The minimum absolute atomic E-state index is 1.02. The zero-order valence-electron chi connectivity index (χ0n) is 50.5. The van der Waals surface area contributed by atoms with Crippen molar-refractivity contribution in [1.82, 2.24) is 0 Å². The molecule has 2 heteroatoms. The molecule has 0 spiro atoms. The molecular formula is C90H60O2. The van der Waals surface area contributed by atoms with Gasteiger partial charge in [0.2, 0.25) is 0 Å². The van der Waals surface area contributed by atoms with Crippen LogP contribution in [-0.4, -0.2) is 0 Å². The second-order valence-corrected chi connectivity index (χ2v) is 24.6. The maximum absolute atomic E-state index is 9.31. The highest BCUT2D eigenvalue weighted by molar-refractivity contribution is 6.13. The fourth-order valence-corrected chi connectivity index (χ4v) is 16.7. The zero-order chi connectivity index (χ0) is 60.9. The van der Waals surface area contributed by atoms with Crippen LogP contribution < -0.4 is 0 Å². The van der Waals surface area contributed by atoms with E-state index in [2.05, 4.69) is 364 Å². The molecule has 4 aliphatic rings. The molecule has 4 aliphatic heterocycles. The second kappa shape index (κ2) is 21.2. The fraction of sp³-hybridized carbons (Fsp3) is 0.0444. The summed E-state index contributed by atoms with van der Waals surface area (Å²) in [4.78, 5) is 0. The van der Waals surface area contributed by atoms with E-state index in [4.69, 9.17) is 4.74 Å². The summed E-state index contributed by atoms with van der Waals surface area (Å²) in [7, 11) is 0. The molecule has 0 saturated carbocycles. The van der Waals surface area contributed by atoms with Crippen LogP contribution in [0.25, 0.3) is 77.9 Å². The normalized spacial score (nSPS) is 19.6. The van der Waals surface area contributed by atoms with Crippen molar-refractivity contribution in [3.8, 4) is 66.8 Å². The SMILES string of the molecule is c1ccc(C2=C(c3ccccc3)C3(c4ccccc4)OC2(c2ccccc2)c2c(-c4ccccc4)c4c(c(-c5ccccc5)c23)C2(c3ccccc3)OC4(c3ccccc3)c3c(-c4ccccc4)c(-c4ccccc4)c(-c4ccccc4)c(-c4ccccc4)c32)cc1. The lowest BCUT2D eigenvalue weighted by atomic mass is 9.55. The first-order chi connectivity index (χ1) is 45.7. The summed E-state index contributed by atoms with van der Waals surface area (Å²) >= 11 is 0. The standard InChI is InChI=1S/C90H60O2/c1-13-37-61(38-14-1)73-74(62-39-15-2-16-40-62)76(64-43-19-4-20-44-64)82-81(75(73)63-41-17-3-18-42-63)89(71-57-33-11-34-58-71)85-77(65-45-21-5-22-46-65)83-84(78(66-47-23-6-24-48-66)86(85)90(82,92-89)72-59-35-12-36-60-72)88(70-55-31-10-32-56-70)80(68-51-27-8-28-52-68)79(67-49-25-7-26-50-67)87(83,91-88)69-53-29-9-30-54-69/h1-60H. The summed E-state index contributed by atoms with van der Waals surface area (Å²) in [5, 5.41) is 0. The topological polar surface area (TPSA) is 18.5 Å². The van der Waals surface area contributed by atoms with Crippen molar-refractivity contribution in [3.63, 3.8) is 0 Å². The Morgan fingerprint density at radius 3 is 0.554 bits per heavy atom. The van der Waals surface area contributed by atoms with Crippen molar-refractivity contribution in [3.05, 3.63) is 431 Å². The molecule has 0 fully saturated rings. The first kappa shape index (κ1) is 53.7. The molecule has 0 radical (unpaired) electrons. The van der Waals surface area contributed by atoms with E-state index in [0.29, 0.717) is 0 Å². The smallest absolute Gasteiger partial charge is 0.147 e. The molecule has 14 aromatic carbocycles. The van der Waals surface area contributed by atoms with Crippen LogP contribution in [0.3, 0.4) is 0 Å². The van der Waals surface area contributed by atoms with Crippen LogP contribution in [0.4, 0.5) is 0 Å². The Morgan fingerprint density at radius 1 is 0.141 bits per heavy atom. The van der Waals surface area contributed by atoms with Gasteiger partial charge in [0.05, 0.1) is 0 Å². The molecule has 0 aromatic heterocycles. The van der Waals surface area contributed by atoms with E-state index in [9.17, 15) is 4.74 Å². The summed E-state index contributed by atoms with van der Waals surface area (Å²) in [6, 6.07) is 134. The number of hydrogen-bond acceptors (Lipinski definition) is 2. The van der Waals surface area contributed by atoms with E-state index in [1.807, 2.05) is 0 Å². The van der Waals surface area contributed by atoms with E-state index < -0.39 is 22.4 Å². The molecule has 0 amide bonds. The lowest BCUT2D eigenvalue weighted by Crippen LogP contribution is -2.35. The second-order valence-electron chi connectivity index (χ2n) is 24.6. The number of benzene rings is 14. The minimum atomic E-state index is -1.36. The van der Waals surface area contributed by atoms with Gasteiger partial charge >= 0.3 is 0 Å². The number of hydrogen-bond donors (Lipinski definition) is 0. The van der Waals surface area contributed by atoms with Crippen LogP contribution in [0.1, 0.15) is 66.8 Å². The summed E-state index contributed by atoms with van der Waals surface area (Å²) in [5.74, 6) is 0. The molecule has 0 aliphatic carbocycles. The Labute approximate surface area is 537 Å². The fourth-order valence-electron chi connectivity index (χ4n) is 16.7. The third kappa shape index (κ3) is 7.45. The number of rotatable bonds is 12. The molecule has 2 nitrogen and oxygen atoms in total. The van der Waals surface area contributed by atoms with Gasteiger partial charge in [0.15, 0.2) is 0 Å². The molecule has 92 heavy (non-hydrogen) atoms. The van der Waals surface area contributed by atoms with Crippen molar-refractivity contribution < 1.29 is 9.47 Å². The zero-order valence-corrected chi connectivity index (χ0v) is 50.5. The van der Waals surface area contributed by atoms with Gasteiger partial charge in [0.25, 0.3) is 0 Å². The van der Waals surface area contributed by atoms with Gasteiger partial charge in [-0.2, -0.15) is 0 Å². The highest BCUT2D eigenvalue weighted by Crippen LogP contribution is 2.80. The van der Waals surface area contributed by atoms with Gasteiger partial charge in [-0.1, -0.05) is 364 Å². The van der Waals surface area contributed by atoms with Crippen molar-refractivity contribution in [1.29, 1.82) is 0 Å². The molecular weight excluding hydrogens is 1110 g/mol. The summed E-state index contributed by atoms with van der Waals surface area (Å²) in [6.45, 7) is 0.